The first-order chi connectivity index (χ1) is 5.38. The largest absolute Gasteiger partial charge is 0.401 e. The van der Waals surface area contributed by atoms with E-state index in [0.717, 1.165) is 10.8 Å². The minimum absolute atomic E-state index is 0.147. The van der Waals surface area contributed by atoms with Gasteiger partial charge in [0.25, 0.3) is 0 Å². The predicted molar refractivity (Wildman–Crippen MR) is 50.5 cm³/mol. The van der Waals surface area contributed by atoms with Crippen LogP contribution in [0.1, 0.15) is 27.2 Å². The van der Waals surface area contributed by atoms with E-state index in [4.69, 9.17) is 0 Å². The van der Waals surface area contributed by atoms with Gasteiger partial charge in [-0.25, -0.2) is 0 Å². The van der Waals surface area contributed by atoms with E-state index in [0.29, 0.717) is 0 Å². The van der Waals surface area contributed by atoms with Crippen molar-refractivity contribution in [1.82, 2.24) is 0 Å². The molecule has 74 valence electrons. The highest BCUT2D eigenvalue weighted by Gasteiger charge is 2.38. The fourth-order valence-corrected chi connectivity index (χ4v) is 2.94. The van der Waals surface area contributed by atoms with Gasteiger partial charge in [-0.3, -0.25) is 0 Å². The number of hydrogen-bond acceptors (Lipinski definition) is 2. The maximum Gasteiger partial charge on any atom is 0.401 e. The fourth-order valence-electron chi connectivity index (χ4n) is 0.532. The van der Waals surface area contributed by atoms with Crippen LogP contribution < -0.4 is 0 Å². The fraction of sp³-hybridized carbons (Fsp3) is 1.00. The molecule has 0 heterocycles. The second-order valence-electron chi connectivity index (χ2n) is 2.68. The van der Waals surface area contributed by atoms with Gasteiger partial charge < -0.3 is 0 Å². The Kier molecular flexibility index (Phi) is 5.48. The molecule has 0 aliphatic rings. The van der Waals surface area contributed by atoms with Crippen LogP contribution in [0, 0.1) is 0 Å². The lowest BCUT2D eigenvalue weighted by Crippen LogP contribution is -2.24. The van der Waals surface area contributed by atoms with E-state index < -0.39 is 11.4 Å². The molecule has 1 atom stereocenters. The molecule has 0 N–H and O–H groups in total. The van der Waals surface area contributed by atoms with Crippen LogP contribution in [0.15, 0.2) is 0 Å². The maximum absolute atomic E-state index is 12.1. The second kappa shape index (κ2) is 5.27. The summed E-state index contributed by atoms with van der Waals surface area (Å²) in [6, 6.07) is 0. The zero-order valence-electron chi connectivity index (χ0n) is 7.31. The van der Waals surface area contributed by atoms with Crippen molar-refractivity contribution in [3.8, 4) is 0 Å². The Hall–Kier alpha value is 0.490. The molecule has 0 saturated carbocycles. The molecule has 0 rings (SSSR count). The van der Waals surface area contributed by atoms with Crippen molar-refractivity contribution < 1.29 is 13.2 Å². The van der Waals surface area contributed by atoms with Crippen LogP contribution in [0.3, 0.4) is 0 Å². The van der Waals surface area contributed by atoms with Crippen LogP contribution in [0.2, 0.25) is 0 Å². The summed E-state index contributed by atoms with van der Waals surface area (Å²) in [5, 5.41) is -0.976. The predicted octanol–water partition coefficient (Wildman–Crippen LogP) is 4.12. The second-order valence-corrected chi connectivity index (χ2v) is 5.73. The molecule has 0 aromatic heterocycles. The summed E-state index contributed by atoms with van der Waals surface area (Å²) in [5.74, 6) is 0. The van der Waals surface area contributed by atoms with Crippen molar-refractivity contribution in [2.75, 3.05) is 0 Å². The summed E-state index contributed by atoms with van der Waals surface area (Å²) >= 11 is 0. The monoisotopic (exact) mass is 218 g/mol. The van der Waals surface area contributed by atoms with E-state index in [1.54, 1.807) is 6.92 Å². The quantitative estimate of drug-likeness (QED) is 0.651. The van der Waals surface area contributed by atoms with Gasteiger partial charge in [0.2, 0.25) is 0 Å². The Morgan fingerprint density at radius 2 is 1.67 bits per heavy atom. The minimum atomic E-state index is -4.05. The molecule has 0 radical (unpaired) electrons. The third-order valence-corrected chi connectivity index (χ3v) is 4.61. The molecule has 12 heavy (non-hydrogen) atoms. The minimum Gasteiger partial charge on any atom is -0.170 e. The van der Waals surface area contributed by atoms with Crippen LogP contribution in [0.5, 0.6) is 0 Å². The van der Waals surface area contributed by atoms with Gasteiger partial charge in [-0.05, 0) is 6.42 Å². The number of hydrogen-bond donors (Lipinski definition) is 0. The van der Waals surface area contributed by atoms with Gasteiger partial charge in [0.05, 0.1) is 0 Å². The molecule has 0 aromatic rings. The van der Waals surface area contributed by atoms with E-state index in [1.807, 2.05) is 13.8 Å². The highest BCUT2D eigenvalue weighted by molar-refractivity contribution is 8.77. The summed E-state index contributed by atoms with van der Waals surface area (Å²) in [4.78, 5) is 0. The zero-order valence-corrected chi connectivity index (χ0v) is 8.95. The van der Waals surface area contributed by atoms with Crippen molar-refractivity contribution in [2.24, 2.45) is 0 Å². The molecular formula is C7H13F3S2. The Morgan fingerprint density at radius 3 is 1.92 bits per heavy atom. The number of rotatable bonds is 4. The Bertz CT molecular complexity index is 122. The van der Waals surface area contributed by atoms with Gasteiger partial charge in [0, 0.05) is 5.25 Å². The summed E-state index contributed by atoms with van der Waals surface area (Å²) in [7, 11) is 2.22. The molecule has 0 unspecified atom stereocenters. The van der Waals surface area contributed by atoms with Crippen molar-refractivity contribution in [1.29, 1.82) is 0 Å². The van der Waals surface area contributed by atoms with E-state index in [2.05, 4.69) is 0 Å². The van der Waals surface area contributed by atoms with E-state index in [1.165, 1.54) is 10.8 Å². The van der Waals surface area contributed by atoms with Crippen LogP contribution in [0.25, 0.3) is 0 Å². The van der Waals surface area contributed by atoms with Crippen molar-refractivity contribution in [3.05, 3.63) is 0 Å². The molecule has 0 fully saturated rings. The average molecular weight is 218 g/mol. The third-order valence-electron chi connectivity index (χ3n) is 1.10. The lowest BCUT2D eigenvalue weighted by molar-refractivity contribution is -0.128. The van der Waals surface area contributed by atoms with Crippen LogP contribution in [0.4, 0.5) is 13.2 Å². The van der Waals surface area contributed by atoms with Crippen molar-refractivity contribution in [3.63, 3.8) is 0 Å². The van der Waals surface area contributed by atoms with E-state index >= 15 is 0 Å². The SMILES string of the molecule is CC[C@H](SSC(C)C)C(F)(F)F. The Labute approximate surface area is 79.1 Å². The number of alkyl halides is 3. The summed E-state index contributed by atoms with van der Waals surface area (Å²) in [6.45, 7) is 5.34. The van der Waals surface area contributed by atoms with Gasteiger partial charge in [-0.1, -0.05) is 42.4 Å². The van der Waals surface area contributed by atoms with Crippen LogP contribution >= 0.6 is 21.6 Å². The van der Waals surface area contributed by atoms with Gasteiger partial charge in [-0.2, -0.15) is 13.2 Å². The molecule has 0 amide bonds. The Balaban J connectivity index is 3.84. The average Bonchev–Trinajstić information content (AvgIpc) is 1.85. The van der Waals surface area contributed by atoms with Crippen molar-refractivity contribution >= 4 is 21.6 Å². The lowest BCUT2D eigenvalue weighted by atomic mass is 10.3. The molecule has 0 spiro atoms. The summed E-state index contributed by atoms with van der Waals surface area (Å²) in [5.41, 5.74) is 0. The molecule has 0 saturated heterocycles. The Morgan fingerprint density at radius 1 is 1.17 bits per heavy atom. The smallest absolute Gasteiger partial charge is 0.170 e. The highest BCUT2D eigenvalue weighted by atomic mass is 33.1. The lowest BCUT2D eigenvalue weighted by Gasteiger charge is -2.17. The summed E-state index contributed by atoms with van der Waals surface area (Å²) < 4.78 is 36.4. The molecule has 0 aliphatic heterocycles. The maximum atomic E-state index is 12.1. The topological polar surface area (TPSA) is 0 Å². The molecule has 5 heteroatoms. The first-order valence-corrected chi connectivity index (χ1v) is 6.04. The van der Waals surface area contributed by atoms with Gasteiger partial charge in [0.15, 0.2) is 0 Å². The van der Waals surface area contributed by atoms with Gasteiger partial charge >= 0.3 is 6.18 Å². The normalized spacial score (nSPS) is 15.2. The molecule has 0 bridgehead atoms. The first kappa shape index (κ1) is 12.5. The van der Waals surface area contributed by atoms with Crippen LogP contribution in [-0.4, -0.2) is 16.7 Å². The number of halogens is 3. The standard InChI is InChI=1S/C7H13F3S2/c1-4-6(7(8,9)10)12-11-5(2)3/h5-6H,4H2,1-3H3/t6-/m0/s1. The zero-order chi connectivity index (χ0) is 9.78. The molecular weight excluding hydrogens is 205 g/mol. The van der Waals surface area contributed by atoms with Crippen molar-refractivity contribution in [2.45, 2.75) is 43.9 Å². The van der Waals surface area contributed by atoms with E-state index in [-0.39, 0.29) is 11.7 Å². The highest BCUT2D eigenvalue weighted by Crippen LogP contribution is 2.40. The van der Waals surface area contributed by atoms with Gasteiger partial charge in [-0.15, -0.1) is 0 Å². The van der Waals surface area contributed by atoms with E-state index in [9.17, 15) is 13.2 Å². The first-order valence-electron chi connectivity index (χ1n) is 3.76. The third kappa shape index (κ3) is 5.19. The summed E-state index contributed by atoms with van der Waals surface area (Å²) in [6.07, 6.45) is -3.91. The van der Waals surface area contributed by atoms with Crippen LogP contribution in [-0.2, 0) is 0 Å². The van der Waals surface area contributed by atoms with Gasteiger partial charge in [0.1, 0.15) is 5.25 Å². The molecule has 0 aliphatic carbocycles. The molecule has 0 nitrogen and oxygen atoms in total. The molecule has 0 aromatic carbocycles.